The van der Waals surface area contributed by atoms with Crippen molar-refractivity contribution in [2.45, 2.75) is 44.7 Å². The van der Waals surface area contributed by atoms with E-state index in [-0.39, 0.29) is 6.42 Å². The highest BCUT2D eigenvalue weighted by molar-refractivity contribution is 5.66. The van der Waals surface area contributed by atoms with Crippen LogP contribution in [0.4, 0.5) is 0 Å². The van der Waals surface area contributed by atoms with Crippen LogP contribution in [-0.2, 0) is 11.3 Å². The van der Waals surface area contributed by atoms with Crippen LogP contribution >= 0.6 is 0 Å². The largest absolute Gasteiger partial charge is 0.481 e. The number of nitrogens with zero attached hydrogens (tertiary/aromatic N) is 2. The monoisotopic (exact) mass is 272 g/mol. The molecule has 0 aromatic heterocycles. The smallest absolute Gasteiger partial charge is 0.304 e. The molecule has 1 aromatic rings. The summed E-state index contributed by atoms with van der Waals surface area (Å²) >= 11 is 0. The van der Waals surface area contributed by atoms with Gasteiger partial charge < -0.3 is 5.11 Å². The van der Waals surface area contributed by atoms with Crippen LogP contribution in [0.15, 0.2) is 24.3 Å². The second-order valence-electron chi connectivity index (χ2n) is 5.36. The minimum atomic E-state index is -0.743. The van der Waals surface area contributed by atoms with E-state index in [0.29, 0.717) is 18.2 Å². The number of benzene rings is 1. The number of carbonyl (C=O) groups is 1. The first-order chi connectivity index (χ1) is 9.69. The zero-order chi connectivity index (χ0) is 14.4. The van der Waals surface area contributed by atoms with Gasteiger partial charge in [0.15, 0.2) is 0 Å². The number of hydrogen-bond donors (Lipinski definition) is 1. The summed E-state index contributed by atoms with van der Waals surface area (Å²) in [6, 6.07) is 10.2. The SMILES string of the molecule is N#Cc1ccc(CN(CCC(=O)O)C2CCCC2)cc1. The van der Waals surface area contributed by atoms with Crippen LogP contribution in [0.1, 0.15) is 43.2 Å². The van der Waals surface area contributed by atoms with Crippen molar-refractivity contribution in [3.8, 4) is 6.07 Å². The number of carboxylic acids is 1. The van der Waals surface area contributed by atoms with E-state index in [1.165, 1.54) is 12.8 Å². The summed E-state index contributed by atoms with van der Waals surface area (Å²) < 4.78 is 0. The van der Waals surface area contributed by atoms with Gasteiger partial charge in [0.2, 0.25) is 0 Å². The Morgan fingerprint density at radius 3 is 2.50 bits per heavy atom. The van der Waals surface area contributed by atoms with E-state index in [1.807, 2.05) is 24.3 Å². The fourth-order valence-electron chi connectivity index (χ4n) is 2.82. The Hall–Kier alpha value is -1.86. The maximum atomic E-state index is 10.8. The van der Waals surface area contributed by atoms with Crippen molar-refractivity contribution in [1.29, 1.82) is 5.26 Å². The van der Waals surface area contributed by atoms with E-state index in [0.717, 1.165) is 24.9 Å². The molecule has 1 saturated carbocycles. The Morgan fingerprint density at radius 1 is 1.30 bits per heavy atom. The molecule has 1 aliphatic carbocycles. The molecule has 1 aromatic carbocycles. The average molecular weight is 272 g/mol. The normalized spacial score (nSPS) is 15.4. The van der Waals surface area contributed by atoms with Crippen molar-refractivity contribution in [2.24, 2.45) is 0 Å². The van der Waals surface area contributed by atoms with Crippen molar-refractivity contribution in [1.82, 2.24) is 4.90 Å². The number of aliphatic carboxylic acids is 1. The van der Waals surface area contributed by atoms with Gasteiger partial charge in [-0.3, -0.25) is 9.69 Å². The summed E-state index contributed by atoms with van der Waals surface area (Å²) in [6.07, 6.45) is 4.99. The molecule has 0 saturated heterocycles. The highest BCUT2D eigenvalue weighted by atomic mass is 16.4. The molecule has 106 valence electrons. The molecule has 0 atom stereocenters. The Labute approximate surface area is 119 Å². The van der Waals surface area contributed by atoms with Crippen molar-refractivity contribution in [3.05, 3.63) is 35.4 Å². The summed E-state index contributed by atoms with van der Waals surface area (Å²) in [6.45, 7) is 1.36. The Balaban J connectivity index is 2.01. The zero-order valence-corrected chi connectivity index (χ0v) is 11.6. The predicted molar refractivity (Wildman–Crippen MR) is 76.1 cm³/mol. The van der Waals surface area contributed by atoms with Crippen molar-refractivity contribution >= 4 is 5.97 Å². The van der Waals surface area contributed by atoms with Crippen LogP contribution in [0, 0.1) is 11.3 Å². The maximum absolute atomic E-state index is 10.8. The molecule has 1 aliphatic rings. The summed E-state index contributed by atoms with van der Waals surface area (Å²) in [5.74, 6) is -0.743. The first-order valence-electron chi connectivity index (χ1n) is 7.14. The summed E-state index contributed by atoms with van der Waals surface area (Å²) in [7, 11) is 0. The van der Waals surface area contributed by atoms with Crippen LogP contribution in [-0.4, -0.2) is 28.6 Å². The minimum absolute atomic E-state index is 0.187. The molecule has 0 bridgehead atoms. The Morgan fingerprint density at radius 2 is 1.95 bits per heavy atom. The summed E-state index contributed by atoms with van der Waals surface area (Å²) in [4.78, 5) is 13.1. The van der Waals surface area contributed by atoms with E-state index in [1.54, 1.807) is 0 Å². The minimum Gasteiger partial charge on any atom is -0.481 e. The second-order valence-corrected chi connectivity index (χ2v) is 5.36. The molecule has 4 nitrogen and oxygen atoms in total. The third-order valence-corrected chi connectivity index (χ3v) is 3.92. The lowest BCUT2D eigenvalue weighted by atomic mass is 10.1. The van der Waals surface area contributed by atoms with Crippen molar-refractivity contribution in [2.75, 3.05) is 6.54 Å². The molecular weight excluding hydrogens is 252 g/mol. The van der Waals surface area contributed by atoms with Gasteiger partial charge in [-0.05, 0) is 30.5 Å². The standard InChI is InChI=1S/C16H20N2O2/c17-11-13-5-7-14(8-6-13)12-18(10-9-16(19)20)15-3-1-2-4-15/h5-8,15H,1-4,9-10,12H2,(H,19,20). The van der Waals surface area contributed by atoms with Crippen molar-refractivity contribution < 1.29 is 9.90 Å². The van der Waals surface area contributed by atoms with Gasteiger partial charge >= 0.3 is 5.97 Å². The quantitative estimate of drug-likeness (QED) is 0.864. The Bertz CT molecular complexity index is 484. The summed E-state index contributed by atoms with van der Waals surface area (Å²) in [5, 5.41) is 17.7. The number of carboxylic acid groups (broad SMARTS) is 1. The number of hydrogen-bond acceptors (Lipinski definition) is 3. The van der Waals surface area contributed by atoms with Gasteiger partial charge in [0.1, 0.15) is 0 Å². The highest BCUT2D eigenvalue weighted by Gasteiger charge is 2.22. The van der Waals surface area contributed by atoms with Crippen LogP contribution in [0.25, 0.3) is 0 Å². The lowest BCUT2D eigenvalue weighted by Gasteiger charge is -2.28. The zero-order valence-electron chi connectivity index (χ0n) is 11.6. The third-order valence-electron chi connectivity index (χ3n) is 3.92. The number of nitriles is 1. The third kappa shape index (κ3) is 4.07. The molecule has 1 N–H and O–H groups in total. The Kier molecular flexibility index (Phi) is 5.14. The second kappa shape index (κ2) is 7.06. The molecule has 0 unspecified atom stereocenters. The molecule has 0 heterocycles. The van der Waals surface area contributed by atoms with E-state index in [2.05, 4.69) is 11.0 Å². The van der Waals surface area contributed by atoms with E-state index >= 15 is 0 Å². The van der Waals surface area contributed by atoms with Gasteiger partial charge in [-0.25, -0.2) is 0 Å². The predicted octanol–water partition coefficient (Wildman–Crippen LogP) is 2.78. The van der Waals surface area contributed by atoms with Gasteiger partial charge in [0.05, 0.1) is 18.1 Å². The molecule has 0 radical (unpaired) electrons. The highest BCUT2D eigenvalue weighted by Crippen LogP contribution is 2.25. The van der Waals surface area contributed by atoms with Crippen LogP contribution in [0.3, 0.4) is 0 Å². The van der Waals surface area contributed by atoms with E-state index in [9.17, 15) is 4.79 Å². The maximum Gasteiger partial charge on any atom is 0.304 e. The first kappa shape index (κ1) is 14.5. The number of rotatable bonds is 6. The van der Waals surface area contributed by atoms with Crippen molar-refractivity contribution in [3.63, 3.8) is 0 Å². The lowest BCUT2D eigenvalue weighted by Crippen LogP contribution is -2.34. The van der Waals surface area contributed by atoms with Crippen LogP contribution in [0.5, 0.6) is 0 Å². The fourth-order valence-corrected chi connectivity index (χ4v) is 2.82. The van der Waals surface area contributed by atoms with E-state index in [4.69, 9.17) is 10.4 Å². The average Bonchev–Trinajstić information content (AvgIpc) is 2.98. The molecular formula is C16H20N2O2. The van der Waals surface area contributed by atoms with Crippen LogP contribution in [0.2, 0.25) is 0 Å². The van der Waals surface area contributed by atoms with Gasteiger partial charge in [0, 0.05) is 19.1 Å². The fraction of sp³-hybridized carbons (Fsp3) is 0.500. The molecule has 20 heavy (non-hydrogen) atoms. The van der Waals surface area contributed by atoms with Gasteiger partial charge in [-0.15, -0.1) is 0 Å². The first-order valence-corrected chi connectivity index (χ1v) is 7.14. The lowest BCUT2D eigenvalue weighted by molar-refractivity contribution is -0.137. The van der Waals surface area contributed by atoms with Gasteiger partial charge in [0.25, 0.3) is 0 Å². The van der Waals surface area contributed by atoms with Gasteiger partial charge in [-0.1, -0.05) is 25.0 Å². The van der Waals surface area contributed by atoms with Gasteiger partial charge in [-0.2, -0.15) is 5.26 Å². The topological polar surface area (TPSA) is 64.3 Å². The molecule has 0 amide bonds. The molecule has 1 fully saturated rings. The molecule has 0 spiro atoms. The van der Waals surface area contributed by atoms with E-state index < -0.39 is 5.97 Å². The summed E-state index contributed by atoms with van der Waals surface area (Å²) in [5.41, 5.74) is 1.80. The molecule has 4 heteroatoms. The van der Waals surface area contributed by atoms with Crippen LogP contribution < -0.4 is 0 Å². The molecule has 0 aliphatic heterocycles. The molecule has 2 rings (SSSR count).